The maximum atomic E-state index is 6.05. The summed E-state index contributed by atoms with van der Waals surface area (Å²) in [5.74, 6) is 0. The summed E-state index contributed by atoms with van der Waals surface area (Å²) in [6.45, 7) is 15.2. The number of rotatable bonds is 8. The molecule has 0 unspecified atom stereocenters. The summed E-state index contributed by atoms with van der Waals surface area (Å²) in [7, 11) is -2.44. The van der Waals surface area contributed by atoms with Crippen molar-refractivity contribution in [3.63, 3.8) is 0 Å². The van der Waals surface area contributed by atoms with Crippen molar-refractivity contribution in [2.45, 2.75) is 71.8 Å². The minimum atomic E-state index is -1.35. The van der Waals surface area contributed by atoms with Gasteiger partial charge in [-0.05, 0) is 20.0 Å². The molecule has 0 bridgehead atoms. The number of hydrogen-bond acceptors (Lipinski definition) is 1. The van der Waals surface area contributed by atoms with Crippen LogP contribution in [-0.4, -0.2) is 22.0 Å². The Morgan fingerprint density at radius 2 is 1.47 bits per heavy atom. The zero-order chi connectivity index (χ0) is 11.9. The van der Waals surface area contributed by atoms with Gasteiger partial charge in [0.1, 0.15) is 0 Å². The van der Waals surface area contributed by atoms with Gasteiger partial charge in [-0.1, -0.05) is 51.7 Å². The van der Waals surface area contributed by atoms with Crippen molar-refractivity contribution in [2.24, 2.45) is 0 Å². The Morgan fingerprint density at radius 3 is 1.93 bits per heavy atom. The molecule has 0 amide bonds. The molecule has 1 nitrogen and oxygen atoms in total. The molecule has 0 aliphatic carbocycles. The molecule has 92 valence electrons. The molecule has 0 aromatic rings. The van der Waals surface area contributed by atoms with Gasteiger partial charge in [-0.2, -0.15) is 0 Å². The van der Waals surface area contributed by atoms with Crippen molar-refractivity contribution in [1.29, 1.82) is 0 Å². The normalized spacial score (nSPS) is 13.2. The Balaban J connectivity index is 4.03. The van der Waals surface area contributed by atoms with E-state index in [2.05, 4.69) is 40.0 Å². The zero-order valence-corrected chi connectivity index (χ0v) is 13.7. The molecule has 0 saturated carbocycles. The summed E-state index contributed by atoms with van der Waals surface area (Å²) in [5.41, 5.74) is 0. The van der Waals surface area contributed by atoms with Gasteiger partial charge in [-0.3, -0.25) is 0 Å². The minimum Gasteiger partial charge on any atom is -0.420 e. The van der Waals surface area contributed by atoms with E-state index in [9.17, 15) is 0 Å². The van der Waals surface area contributed by atoms with Crippen LogP contribution in [0.1, 0.15) is 39.5 Å². The van der Waals surface area contributed by atoms with Gasteiger partial charge >= 0.3 is 0 Å². The number of hydrogen-bond donors (Lipinski definition) is 0. The Bertz CT molecular complexity index is 167. The van der Waals surface area contributed by atoms with Gasteiger partial charge in [0.05, 0.1) is 7.59 Å². The smallest absolute Gasteiger partial charge is 0.173 e. The van der Waals surface area contributed by atoms with Gasteiger partial charge in [0.2, 0.25) is 0 Å². The van der Waals surface area contributed by atoms with Crippen LogP contribution in [-0.2, 0) is 4.43 Å². The third-order valence-corrected chi connectivity index (χ3v) is 20.6. The van der Waals surface area contributed by atoms with Gasteiger partial charge < -0.3 is 4.43 Å². The fourth-order valence-corrected chi connectivity index (χ4v) is 8.64. The minimum absolute atomic E-state index is 0.907. The average Bonchev–Trinajstić information content (AvgIpc) is 2.12. The largest absolute Gasteiger partial charge is 0.420 e. The average molecular weight is 247 g/mol. The van der Waals surface area contributed by atoms with Crippen molar-refractivity contribution in [1.82, 2.24) is 0 Å². The fourth-order valence-electron chi connectivity index (χ4n) is 1.85. The van der Waals surface area contributed by atoms with E-state index in [0.29, 0.717) is 0 Å². The lowest BCUT2D eigenvalue weighted by atomic mass is 10.2. The lowest BCUT2D eigenvalue weighted by Crippen LogP contribution is -2.56. The van der Waals surface area contributed by atoms with Gasteiger partial charge in [-0.25, -0.2) is 0 Å². The SMILES string of the molecule is CCCCCC[Si](C)(C)[Si](C)(C)OCC. The second-order valence-electron chi connectivity index (χ2n) is 5.64. The summed E-state index contributed by atoms with van der Waals surface area (Å²) in [6.07, 6.45) is 5.59. The first kappa shape index (κ1) is 15.4. The molecule has 0 saturated heterocycles. The predicted octanol–water partition coefficient (Wildman–Crippen LogP) is 4.60. The first-order valence-corrected chi connectivity index (χ1v) is 13.6. The molecule has 0 atom stereocenters. The van der Waals surface area contributed by atoms with Gasteiger partial charge in [-0.15, -0.1) is 0 Å². The molecule has 0 rings (SSSR count). The second-order valence-corrected chi connectivity index (χ2v) is 20.9. The van der Waals surface area contributed by atoms with Crippen molar-refractivity contribution in [2.75, 3.05) is 6.61 Å². The van der Waals surface area contributed by atoms with Crippen LogP contribution >= 0.6 is 0 Å². The summed E-state index contributed by atoms with van der Waals surface area (Å²) >= 11 is 0. The summed E-state index contributed by atoms with van der Waals surface area (Å²) in [4.78, 5) is 0. The van der Waals surface area contributed by atoms with E-state index in [1.54, 1.807) is 0 Å². The molecule has 15 heavy (non-hydrogen) atoms. The zero-order valence-electron chi connectivity index (χ0n) is 11.7. The number of unbranched alkanes of at least 4 members (excludes halogenated alkanes) is 3. The first-order chi connectivity index (χ1) is 6.87. The third kappa shape index (κ3) is 5.32. The summed E-state index contributed by atoms with van der Waals surface area (Å²) < 4.78 is 6.05. The lowest BCUT2D eigenvalue weighted by Gasteiger charge is -2.37. The molecule has 0 aromatic heterocycles. The molecule has 0 spiro atoms. The molecule has 0 aromatic carbocycles. The highest BCUT2D eigenvalue weighted by atomic mass is 29.3. The van der Waals surface area contributed by atoms with Crippen LogP contribution in [0.15, 0.2) is 0 Å². The van der Waals surface area contributed by atoms with Crippen LogP contribution in [0.5, 0.6) is 0 Å². The molecular formula is C12H30OSi2. The molecule has 0 aliphatic rings. The van der Waals surface area contributed by atoms with Crippen LogP contribution in [0.2, 0.25) is 32.2 Å². The molecule has 0 fully saturated rings. The Morgan fingerprint density at radius 1 is 0.867 bits per heavy atom. The lowest BCUT2D eigenvalue weighted by molar-refractivity contribution is 0.341. The van der Waals surface area contributed by atoms with Crippen LogP contribution in [0, 0.1) is 0 Å². The van der Waals surface area contributed by atoms with E-state index in [4.69, 9.17) is 4.43 Å². The van der Waals surface area contributed by atoms with Crippen molar-refractivity contribution >= 4 is 15.4 Å². The van der Waals surface area contributed by atoms with Crippen LogP contribution < -0.4 is 0 Å². The van der Waals surface area contributed by atoms with Crippen molar-refractivity contribution in [3.05, 3.63) is 0 Å². The highest BCUT2D eigenvalue weighted by molar-refractivity contribution is 7.38. The maximum absolute atomic E-state index is 6.05. The quantitative estimate of drug-likeness (QED) is 0.449. The molecule has 0 N–H and O–H groups in total. The first-order valence-electron chi connectivity index (χ1n) is 6.51. The standard InChI is InChI=1S/C12H30OSi2/c1-7-9-10-11-12-14(3,4)15(5,6)13-8-2/h7-12H2,1-6H3. The molecule has 0 radical (unpaired) electrons. The van der Waals surface area contributed by atoms with Gasteiger partial charge in [0.25, 0.3) is 0 Å². The van der Waals surface area contributed by atoms with E-state index in [1.807, 2.05) is 0 Å². The predicted molar refractivity (Wildman–Crippen MR) is 75.5 cm³/mol. The van der Waals surface area contributed by atoms with Crippen LogP contribution in [0.3, 0.4) is 0 Å². The van der Waals surface area contributed by atoms with Crippen molar-refractivity contribution < 1.29 is 4.43 Å². The van der Waals surface area contributed by atoms with Crippen molar-refractivity contribution in [3.8, 4) is 0 Å². The van der Waals surface area contributed by atoms with Gasteiger partial charge in [0, 0.05) is 6.61 Å². The Labute approximate surface area is 98.5 Å². The highest BCUT2D eigenvalue weighted by Gasteiger charge is 2.41. The highest BCUT2D eigenvalue weighted by Crippen LogP contribution is 2.26. The third-order valence-electron chi connectivity index (χ3n) is 3.79. The monoisotopic (exact) mass is 246 g/mol. The molecule has 0 heterocycles. The maximum Gasteiger partial charge on any atom is 0.173 e. The second kappa shape index (κ2) is 6.87. The van der Waals surface area contributed by atoms with E-state index >= 15 is 0 Å². The summed E-state index contributed by atoms with van der Waals surface area (Å²) in [6, 6.07) is 1.46. The van der Waals surface area contributed by atoms with E-state index in [-0.39, 0.29) is 0 Å². The van der Waals surface area contributed by atoms with E-state index in [0.717, 1.165) is 6.61 Å². The van der Waals surface area contributed by atoms with Gasteiger partial charge in [0.15, 0.2) is 7.83 Å². The molecule has 3 heteroatoms. The fraction of sp³-hybridized carbons (Fsp3) is 1.00. The Hall–Kier alpha value is 0.394. The summed E-state index contributed by atoms with van der Waals surface area (Å²) in [5, 5.41) is 0. The molecular weight excluding hydrogens is 216 g/mol. The molecule has 0 aliphatic heterocycles. The topological polar surface area (TPSA) is 9.23 Å². The van der Waals surface area contributed by atoms with Crippen LogP contribution in [0.25, 0.3) is 0 Å². The van der Waals surface area contributed by atoms with Crippen LogP contribution in [0.4, 0.5) is 0 Å². The Kier molecular flexibility index (Phi) is 7.05. The van der Waals surface area contributed by atoms with E-state index in [1.165, 1.54) is 31.7 Å². The van der Waals surface area contributed by atoms with E-state index < -0.39 is 15.4 Å².